The van der Waals surface area contributed by atoms with Crippen LogP contribution in [-0.4, -0.2) is 17.6 Å². The smallest absolute Gasteiger partial charge is 0.220 e. The highest BCUT2D eigenvalue weighted by molar-refractivity contribution is 6.30. The summed E-state index contributed by atoms with van der Waals surface area (Å²) in [6, 6.07) is 3.54. The number of aliphatic hydroxyl groups excluding tert-OH is 1. The summed E-state index contributed by atoms with van der Waals surface area (Å²) in [5.41, 5.74) is 0.579. The summed E-state index contributed by atoms with van der Waals surface area (Å²) in [6.07, 6.45) is 0.325. The predicted octanol–water partition coefficient (Wildman–Crippen LogP) is 2.04. The van der Waals surface area contributed by atoms with E-state index in [1.807, 2.05) is 0 Å². The maximum absolute atomic E-state index is 12.9. The normalized spacial score (nSPS) is 12.2. The fourth-order valence-electron chi connectivity index (χ4n) is 1.26. The Morgan fingerprint density at radius 2 is 2.31 bits per heavy atom. The van der Waals surface area contributed by atoms with E-state index in [-0.39, 0.29) is 17.5 Å². The quantitative estimate of drug-likeness (QED) is 0.853. The summed E-state index contributed by atoms with van der Waals surface area (Å²) in [7, 11) is 0. The molecule has 0 bridgehead atoms. The van der Waals surface area contributed by atoms with Crippen LogP contribution in [0, 0.1) is 5.82 Å². The van der Waals surface area contributed by atoms with Crippen molar-refractivity contribution in [3.8, 4) is 0 Å². The van der Waals surface area contributed by atoms with E-state index in [2.05, 4.69) is 5.32 Å². The lowest BCUT2D eigenvalue weighted by molar-refractivity contribution is -0.121. The van der Waals surface area contributed by atoms with Gasteiger partial charge in [0.05, 0.1) is 17.7 Å². The van der Waals surface area contributed by atoms with Gasteiger partial charge in [-0.15, -0.1) is 0 Å². The van der Waals surface area contributed by atoms with Gasteiger partial charge in [-0.1, -0.05) is 24.6 Å². The minimum Gasteiger partial charge on any atom is -0.394 e. The van der Waals surface area contributed by atoms with E-state index in [9.17, 15) is 9.18 Å². The monoisotopic (exact) mass is 245 g/mol. The minimum atomic E-state index is -0.550. The molecular weight excluding hydrogens is 233 g/mol. The Hall–Kier alpha value is -1.13. The first-order valence-electron chi connectivity index (χ1n) is 4.93. The van der Waals surface area contributed by atoms with E-state index >= 15 is 0 Å². The summed E-state index contributed by atoms with van der Waals surface area (Å²) in [6.45, 7) is 1.45. The third kappa shape index (κ3) is 3.18. The van der Waals surface area contributed by atoms with Gasteiger partial charge in [0.25, 0.3) is 0 Å². The molecule has 1 amide bonds. The van der Waals surface area contributed by atoms with Crippen LogP contribution in [0.1, 0.15) is 24.9 Å². The average Bonchev–Trinajstić information content (AvgIpc) is 2.29. The summed E-state index contributed by atoms with van der Waals surface area (Å²) in [5, 5.41) is 11.7. The van der Waals surface area contributed by atoms with Gasteiger partial charge < -0.3 is 10.4 Å². The number of hydrogen-bond donors (Lipinski definition) is 2. The number of halogens is 2. The lowest BCUT2D eigenvalue weighted by Gasteiger charge is -2.16. The van der Waals surface area contributed by atoms with Crippen molar-refractivity contribution in [2.75, 3.05) is 6.61 Å². The van der Waals surface area contributed by atoms with E-state index in [1.165, 1.54) is 18.2 Å². The van der Waals surface area contributed by atoms with Gasteiger partial charge in [-0.05, 0) is 17.7 Å². The maximum atomic E-state index is 12.9. The number of carbonyl (C=O) groups excluding carboxylic acids is 1. The molecule has 1 aromatic rings. The summed E-state index contributed by atoms with van der Waals surface area (Å²) in [5.74, 6) is -0.705. The van der Waals surface area contributed by atoms with Crippen molar-refractivity contribution in [3.05, 3.63) is 34.6 Å². The maximum Gasteiger partial charge on any atom is 0.220 e. The first-order chi connectivity index (χ1) is 7.58. The standard InChI is InChI=1S/C11H13ClFNO2/c1-2-11(16)14-10(6-15)7-3-4-9(13)8(12)5-7/h3-5,10,15H,2,6H2,1H3,(H,14,16)/t10-/m0/s1. The lowest BCUT2D eigenvalue weighted by atomic mass is 10.1. The molecule has 0 saturated carbocycles. The zero-order valence-electron chi connectivity index (χ0n) is 8.84. The molecule has 1 atom stereocenters. The van der Waals surface area contributed by atoms with E-state index in [0.717, 1.165) is 0 Å². The molecule has 16 heavy (non-hydrogen) atoms. The molecule has 88 valence electrons. The Morgan fingerprint density at radius 3 is 2.81 bits per heavy atom. The molecule has 0 saturated heterocycles. The number of benzene rings is 1. The van der Waals surface area contributed by atoms with Gasteiger partial charge in [0.1, 0.15) is 5.82 Å². The van der Waals surface area contributed by atoms with Crippen molar-refractivity contribution in [1.82, 2.24) is 5.32 Å². The Kier molecular flexibility index (Phi) is 4.71. The molecule has 0 heterocycles. The SMILES string of the molecule is CCC(=O)N[C@@H](CO)c1ccc(F)c(Cl)c1. The number of hydrogen-bond acceptors (Lipinski definition) is 2. The van der Waals surface area contributed by atoms with Crippen LogP contribution in [0.25, 0.3) is 0 Å². The number of amides is 1. The largest absolute Gasteiger partial charge is 0.394 e. The van der Waals surface area contributed by atoms with Gasteiger partial charge in [0, 0.05) is 6.42 Å². The molecule has 1 aromatic carbocycles. The van der Waals surface area contributed by atoms with E-state index in [0.29, 0.717) is 12.0 Å². The third-order valence-corrected chi connectivity index (χ3v) is 2.47. The minimum absolute atomic E-state index is 0.0262. The molecular formula is C11H13ClFNO2. The molecule has 0 radical (unpaired) electrons. The second-order valence-electron chi connectivity index (χ2n) is 3.33. The highest BCUT2D eigenvalue weighted by atomic mass is 35.5. The van der Waals surface area contributed by atoms with Gasteiger partial charge in [-0.2, -0.15) is 0 Å². The zero-order valence-corrected chi connectivity index (χ0v) is 9.59. The van der Waals surface area contributed by atoms with Crippen LogP contribution in [-0.2, 0) is 4.79 Å². The number of carbonyl (C=O) groups is 1. The topological polar surface area (TPSA) is 49.3 Å². The Morgan fingerprint density at radius 1 is 1.62 bits per heavy atom. The van der Waals surface area contributed by atoms with Crippen LogP contribution < -0.4 is 5.32 Å². The molecule has 0 aliphatic rings. The third-order valence-electron chi connectivity index (χ3n) is 2.18. The van der Waals surface area contributed by atoms with Crippen molar-refractivity contribution in [1.29, 1.82) is 0 Å². The molecule has 0 unspecified atom stereocenters. The van der Waals surface area contributed by atoms with Crippen molar-refractivity contribution in [2.45, 2.75) is 19.4 Å². The molecule has 0 aliphatic heterocycles. The number of rotatable bonds is 4. The van der Waals surface area contributed by atoms with Crippen LogP contribution in [0.3, 0.4) is 0 Å². The number of aliphatic hydroxyl groups is 1. The first-order valence-corrected chi connectivity index (χ1v) is 5.31. The molecule has 1 rings (SSSR count). The summed E-state index contributed by atoms with van der Waals surface area (Å²) in [4.78, 5) is 11.2. The van der Waals surface area contributed by atoms with Crippen molar-refractivity contribution in [2.24, 2.45) is 0 Å². The fraction of sp³-hybridized carbons (Fsp3) is 0.364. The van der Waals surface area contributed by atoms with Crippen LogP contribution >= 0.6 is 11.6 Å². The zero-order chi connectivity index (χ0) is 12.1. The summed E-state index contributed by atoms with van der Waals surface area (Å²) < 4.78 is 12.9. The van der Waals surface area contributed by atoms with E-state index in [1.54, 1.807) is 6.92 Å². The Balaban J connectivity index is 2.86. The first kappa shape index (κ1) is 12.9. The van der Waals surface area contributed by atoms with Gasteiger partial charge in [-0.3, -0.25) is 4.79 Å². The van der Waals surface area contributed by atoms with Gasteiger partial charge in [-0.25, -0.2) is 4.39 Å². The summed E-state index contributed by atoms with van der Waals surface area (Å²) >= 11 is 5.62. The van der Waals surface area contributed by atoms with Crippen LogP contribution in [0.2, 0.25) is 5.02 Å². The average molecular weight is 246 g/mol. The predicted molar refractivity (Wildman–Crippen MR) is 59.7 cm³/mol. The van der Waals surface area contributed by atoms with Crippen molar-refractivity contribution in [3.63, 3.8) is 0 Å². The molecule has 2 N–H and O–H groups in total. The second kappa shape index (κ2) is 5.82. The van der Waals surface area contributed by atoms with Gasteiger partial charge in [0.15, 0.2) is 0 Å². The van der Waals surface area contributed by atoms with E-state index in [4.69, 9.17) is 16.7 Å². The Bertz CT molecular complexity index is 384. The fourth-order valence-corrected chi connectivity index (χ4v) is 1.45. The molecule has 0 fully saturated rings. The van der Waals surface area contributed by atoms with Crippen LogP contribution in [0.4, 0.5) is 4.39 Å². The highest BCUT2D eigenvalue weighted by Gasteiger charge is 2.13. The molecule has 5 heteroatoms. The molecule has 0 spiro atoms. The Labute approximate surface area is 98.2 Å². The highest BCUT2D eigenvalue weighted by Crippen LogP contribution is 2.20. The molecule has 3 nitrogen and oxygen atoms in total. The van der Waals surface area contributed by atoms with Gasteiger partial charge in [0.2, 0.25) is 5.91 Å². The number of nitrogens with one attached hydrogen (secondary N) is 1. The van der Waals surface area contributed by atoms with Crippen molar-refractivity contribution < 1.29 is 14.3 Å². The lowest BCUT2D eigenvalue weighted by Crippen LogP contribution is -2.30. The van der Waals surface area contributed by atoms with Crippen LogP contribution in [0.5, 0.6) is 0 Å². The van der Waals surface area contributed by atoms with Gasteiger partial charge >= 0.3 is 0 Å². The molecule has 0 aromatic heterocycles. The second-order valence-corrected chi connectivity index (χ2v) is 3.74. The van der Waals surface area contributed by atoms with E-state index < -0.39 is 11.9 Å². The van der Waals surface area contributed by atoms with Crippen LogP contribution in [0.15, 0.2) is 18.2 Å². The van der Waals surface area contributed by atoms with Crippen molar-refractivity contribution >= 4 is 17.5 Å². The molecule has 0 aliphatic carbocycles.